The van der Waals surface area contributed by atoms with Crippen molar-refractivity contribution in [2.75, 3.05) is 43.1 Å². The number of anilines is 2. The smallest absolute Gasteiger partial charge is 0.172 e. The summed E-state index contributed by atoms with van der Waals surface area (Å²) < 4.78 is 5.51. The minimum Gasteiger partial charge on any atom is -0.378 e. The van der Waals surface area contributed by atoms with Crippen molar-refractivity contribution in [1.29, 1.82) is 0 Å². The molecule has 1 aromatic carbocycles. The van der Waals surface area contributed by atoms with Gasteiger partial charge in [-0.15, -0.1) is 11.3 Å². The first-order valence-corrected chi connectivity index (χ1v) is 11.0. The van der Waals surface area contributed by atoms with E-state index in [4.69, 9.17) is 19.7 Å². The summed E-state index contributed by atoms with van der Waals surface area (Å²) in [4.78, 5) is 18.4. The van der Waals surface area contributed by atoms with E-state index in [1.807, 2.05) is 35.6 Å². The topological polar surface area (TPSA) is 63.2 Å². The maximum atomic E-state index is 5.51. The number of rotatable bonds is 5. The lowest BCUT2D eigenvalue weighted by molar-refractivity contribution is 0.122. The second-order valence-electron chi connectivity index (χ2n) is 7.35. The molecular weight excluding hydrogens is 370 g/mol. The minimum absolute atomic E-state index is 0.735. The first kappa shape index (κ1) is 17.8. The van der Waals surface area contributed by atoms with Crippen molar-refractivity contribution >= 4 is 34.0 Å². The van der Waals surface area contributed by atoms with Gasteiger partial charge in [-0.25, -0.2) is 15.0 Å². The number of nitrogens with one attached hydrogen (secondary N) is 1. The molecule has 6 nitrogen and oxygen atoms in total. The van der Waals surface area contributed by atoms with Gasteiger partial charge < -0.3 is 15.0 Å². The van der Waals surface area contributed by atoms with E-state index in [0.29, 0.717) is 0 Å². The number of thiazole rings is 1. The third kappa shape index (κ3) is 3.69. The number of fused-ring (bicyclic) bond motifs is 2. The van der Waals surface area contributed by atoms with Crippen molar-refractivity contribution < 1.29 is 4.74 Å². The van der Waals surface area contributed by atoms with Crippen LogP contribution < -0.4 is 10.2 Å². The van der Waals surface area contributed by atoms with Gasteiger partial charge >= 0.3 is 0 Å². The van der Waals surface area contributed by atoms with Gasteiger partial charge in [0.1, 0.15) is 0 Å². The molecule has 0 unspecified atom stereocenters. The summed E-state index contributed by atoms with van der Waals surface area (Å²) in [6, 6.07) is 8.06. The van der Waals surface area contributed by atoms with Crippen LogP contribution in [0.25, 0.3) is 11.0 Å². The monoisotopic (exact) mass is 395 g/mol. The Bertz CT molecular complexity index is 943. The van der Waals surface area contributed by atoms with Crippen LogP contribution in [-0.4, -0.2) is 47.8 Å². The quantitative estimate of drug-likeness (QED) is 0.714. The normalized spacial score (nSPS) is 16.9. The van der Waals surface area contributed by atoms with Crippen molar-refractivity contribution in [3.8, 4) is 0 Å². The minimum atomic E-state index is 0.735. The highest BCUT2D eigenvalue weighted by atomic mass is 32.1. The highest BCUT2D eigenvalue weighted by molar-refractivity contribution is 7.11. The molecule has 0 bridgehead atoms. The van der Waals surface area contributed by atoms with E-state index in [0.717, 1.165) is 68.4 Å². The molecule has 1 aliphatic carbocycles. The Labute approximate surface area is 169 Å². The van der Waals surface area contributed by atoms with Crippen LogP contribution in [0.1, 0.15) is 28.4 Å². The van der Waals surface area contributed by atoms with Crippen LogP contribution in [0.4, 0.5) is 11.6 Å². The van der Waals surface area contributed by atoms with Crippen LogP contribution in [0, 0.1) is 0 Å². The van der Waals surface area contributed by atoms with E-state index >= 15 is 0 Å². The third-order valence-electron chi connectivity index (χ3n) is 5.38. The van der Waals surface area contributed by atoms with Gasteiger partial charge in [-0.05, 0) is 37.8 Å². The van der Waals surface area contributed by atoms with Crippen LogP contribution in [-0.2, 0) is 24.0 Å². The van der Waals surface area contributed by atoms with Crippen LogP contribution in [0.3, 0.4) is 0 Å². The second-order valence-corrected chi connectivity index (χ2v) is 8.51. The number of aryl methyl sites for hydroxylation is 2. The summed E-state index contributed by atoms with van der Waals surface area (Å²) in [6.07, 6.45) is 5.87. The summed E-state index contributed by atoms with van der Waals surface area (Å²) in [5, 5.41) is 4.78. The van der Waals surface area contributed by atoms with Crippen molar-refractivity contribution in [2.24, 2.45) is 0 Å². The van der Waals surface area contributed by atoms with Crippen LogP contribution in [0.2, 0.25) is 0 Å². The number of benzene rings is 1. The number of hydrogen-bond acceptors (Lipinski definition) is 7. The van der Waals surface area contributed by atoms with E-state index in [2.05, 4.69) is 10.2 Å². The van der Waals surface area contributed by atoms with Gasteiger partial charge in [0.05, 0.1) is 34.9 Å². The largest absolute Gasteiger partial charge is 0.378 e. The molecule has 2 aliphatic rings. The zero-order chi connectivity index (χ0) is 18.8. The molecule has 3 aromatic rings. The molecule has 0 atom stereocenters. The predicted octanol–water partition coefficient (Wildman–Crippen LogP) is 3.46. The second kappa shape index (κ2) is 8.01. The molecule has 1 N–H and O–H groups in total. The van der Waals surface area contributed by atoms with Crippen molar-refractivity contribution in [3.63, 3.8) is 0 Å². The fraction of sp³-hybridized carbons (Fsp3) is 0.476. The van der Waals surface area contributed by atoms with Gasteiger partial charge in [0.15, 0.2) is 11.6 Å². The fourth-order valence-corrected chi connectivity index (χ4v) is 5.06. The lowest BCUT2D eigenvalue weighted by Crippen LogP contribution is -2.37. The highest BCUT2D eigenvalue weighted by Gasteiger charge is 2.19. The highest BCUT2D eigenvalue weighted by Crippen LogP contribution is 2.28. The Kier molecular flexibility index (Phi) is 5.10. The Hall–Kier alpha value is -2.25. The van der Waals surface area contributed by atoms with Gasteiger partial charge in [0, 0.05) is 30.9 Å². The molecular formula is C21H25N5OS. The summed E-state index contributed by atoms with van der Waals surface area (Å²) in [6.45, 7) is 3.98. The molecule has 1 saturated heterocycles. The molecule has 1 aliphatic heterocycles. The summed E-state index contributed by atoms with van der Waals surface area (Å²) in [5.74, 6) is 1.79. The first-order valence-electron chi connectivity index (χ1n) is 10.2. The van der Waals surface area contributed by atoms with Gasteiger partial charge in [-0.1, -0.05) is 12.1 Å². The van der Waals surface area contributed by atoms with E-state index in [9.17, 15) is 0 Å². The average molecular weight is 396 g/mol. The van der Waals surface area contributed by atoms with Gasteiger partial charge in [-0.2, -0.15) is 0 Å². The molecule has 0 saturated carbocycles. The van der Waals surface area contributed by atoms with Crippen molar-refractivity contribution in [1.82, 2.24) is 15.0 Å². The zero-order valence-electron chi connectivity index (χ0n) is 16.0. The number of morpholine rings is 1. The lowest BCUT2D eigenvalue weighted by Gasteiger charge is -2.29. The molecule has 5 rings (SSSR count). The number of ether oxygens (including phenoxy) is 1. The molecule has 0 amide bonds. The van der Waals surface area contributed by atoms with E-state index in [1.165, 1.54) is 34.8 Å². The van der Waals surface area contributed by atoms with Crippen molar-refractivity contribution in [3.05, 3.63) is 39.8 Å². The summed E-state index contributed by atoms with van der Waals surface area (Å²) in [7, 11) is 0. The van der Waals surface area contributed by atoms with E-state index in [-0.39, 0.29) is 0 Å². The Morgan fingerprint density at radius 2 is 1.79 bits per heavy atom. The van der Waals surface area contributed by atoms with Gasteiger partial charge in [-0.3, -0.25) is 0 Å². The number of nitrogens with zero attached hydrogens (tertiary/aromatic N) is 4. The number of hydrogen-bond donors (Lipinski definition) is 1. The standard InChI is InChI=1S/C21H25N5OS/c1-2-6-16-15(5-1)24-20(21(25-16)26-11-13-27-14-12-26)22-10-9-19-23-17-7-3-4-8-18(17)28-19/h1-2,5-6H,3-4,7-14H2,(H,22,24). The number of para-hydroxylation sites is 2. The molecule has 3 heterocycles. The molecule has 0 radical (unpaired) electrons. The SMILES string of the molecule is c1ccc2nc(N3CCOCC3)c(NCCc3nc4c(s3)CCCC4)nc2c1. The Morgan fingerprint density at radius 1 is 1.00 bits per heavy atom. The Balaban J connectivity index is 1.35. The van der Waals surface area contributed by atoms with E-state index < -0.39 is 0 Å². The third-order valence-corrected chi connectivity index (χ3v) is 6.60. The summed E-state index contributed by atoms with van der Waals surface area (Å²) in [5.41, 5.74) is 3.19. The zero-order valence-corrected chi connectivity index (χ0v) is 16.8. The summed E-state index contributed by atoms with van der Waals surface area (Å²) >= 11 is 1.89. The molecule has 7 heteroatoms. The Morgan fingerprint density at radius 3 is 2.61 bits per heavy atom. The average Bonchev–Trinajstić information content (AvgIpc) is 3.17. The van der Waals surface area contributed by atoms with Crippen molar-refractivity contribution in [2.45, 2.75) is 32.1 Å². The molecule has 2 aromatic heterocycles. The van der Waals surface area contributed by atoms with Crippen LogP contribution >= 0.6 is 11.3 Å². The van der Waals surface area contributed by atoms with Crippen LogP contribution in [0.15, 0.2) is 24.3 Å². The molecule has 0 spiro atoms. The molecule has 146 valence electrons. The predicted molar refractivity (Wildman–Crippen MR) is 114 cm³/mol. The molecule has 28 heavy (non-hydrogen) atoms. The molecule has 1 fully saturated rings. The first-order chi connectivity index (χ1) is 13.9. The maximum Gasteiger partial charge on any atom is 0.172 e. The van der Waals surface area contributed by atoms with Gasteiger partial charge in [0.25, 0.3) is 0 Å². The maximum absolute atomic E-state index is 5.51. The number of aromatic nitrogens is 3. The van der Waals surface area contributed by atoms with Gasteiger partial charge in [0.2, 0.25) is 0 Å². The van der Waals surface area contributed by atoms with Crippen LogP contribution in [0.5, 0.6) is 0 Å². The fourth-order valence-electron chi connectivity index (χ4n) is 3.91. The van der Waals surface area contributed by atoms with E-state index in [1.54, 1.807) is 0 Å². The lowest BCUT2D eigenvalue weighted by atomic mass is 10.0.